The minimum absolute atomic E-state index is 0.00651. The topological polar surface area (TPSA) is 85.8 Å². The van der Waals surface area contributed by atoms with Gasteiger partial charge in [0.05, 0.1) is 18.3 Å². The van der Waals surface area contributed by atoms with Gasteiger partial charge in [-0.2, -0.15) is 5.10 Å². The molecule has 3 heterocycles. The average molecular weight is 422 g/mol. The lowest BCUT2D eigenvalue weighted by atomic mass is 10.0. The van der Waals surface area contributed by atoms with Crippen LogP contribution in [-0.2, 0) is 9.53 Å². The maximum Gasteiger partial charge on any atom is 0.259 e. The van der Waals surface area contributed by atoms with Gasteiger partial charge < -0.3 is 15.4 Å². The number of carbonyl (C=O) groups is 1. The van der Waals surface area contributed by atoms with Crippen LogP contribution >= 0.6 is 11.6 Å². The molecule has 0 saturated carbocycles. The van der Waals surface area contributed by atoms with E-state index in [1.54, 1.807) is 20.8 Å². The lowest BCUT2D eigenvalue weighted by molar-refractivity contribution is -0.147. The Morgan fingerprint density at radius 3 is 2.79 bits per heavy atom. The molecule has 1 atom stereocenters. The van der Waals surface area contributed by atoms with Crippen LogP contribution < -0.4 is 10.6 Å². The molecule has 2 N–H and O–H groups in total. The van der Waals surface area contributed by atoms with Crippen molar-refractivity contribution in [1.82, 2.24) is 14.6 Å². The number of hydrogen-bond donors (Lipinski definition) is 1. The summed E-state index contributed by atoms with van der Waals surface area (Å²) in [5.74, 6) is -1.76. The first-order chi connectivity index (χ1) is 13.6. The van der Waals surface area contributed by atoms with Gasteiger partial charge in [-0.1, -0.05) is 11.6 Å². The smallest absolute Gasteiger partial charge is 0.259 e. The molecule has 3 aromatic rings. The number of hydrogen-bond acceptors (Lipinski definition) is 5. The molecular weight excluding hydrogens is 404 g/mol. The van der Waals surface area contributed by atoms with Crippen LogP contribution in [0.5, 0.6) is 0 Å². The van der Waals surface area contributed by atoms with Crippen molar-refractivity contribution in [1.29, 1.82) is 0 Å². The van der Waals surface area contributed by atoms with Gasteiger partial charge in [0.1, 0.15) is 34.0 Å². The molecule has 1 amide bonds. The number of amides is 1. The zero-order valence-corrected chi connectivity index (χ0v) is 16.7. The molecule has 0 aliphatic carbocycles. The predicted molar refractivity (Wildman–Crippen MR) is 105 cm³/mol. The van der Waals surface area contributed by atoms with Gasteiger partial charge in [-0.3, -0.25) is 4.79 Å². The third-order valence-electron chi connectivity index (χ3n) is 4.98. The molecule has 2 aromatic heterocycles. The number of carbonyl (C=O) groups excluding carboxylic acids is 1. The number of nitrogen functional groups attached to an aromatic ring is 1. The van der Waals surface area contributed by atoms with Crippen LogP contribution in [0.2, 0.25) is 5.02 Å². The first-order valence-electron chi connectivity index (χ1n) is 8.87. The van der Waals surface area contributed by atoms with Gasteiger partial charge in [-0.15, -0.1) is 0 Å². The lowest BCUT2D eigenvalue weighted by Gasteiger charge is -2.41. The van der Waals surface area contributed by atoms with E-state index in [0.717, 1.165) is 0 Å². The number of anilines is 2. The van der Waals surface area contributed by atoms with E-state index < -0.39 is 29.2 Å². The maximum atomic E-state index is 15.0. The fourth-order valence-electron chi connectivity index (χ4n) is 3.44. The summed E-state index contributed by atoms with van der Waals surface area (Å²) in [6, 6.07) is 3.55. The molecule has 1 unspecified atom stereocenters. The monoisotopic (exact) mass is 421 g/mol. The Morgan fingerprint density at radius 1 is 1.34 bits per heavy atom. The van der Waals surface area contributed by atoms with Crippen LogP contribution in [0.1, 0.15) is 20.8 Å². The van der Waals surface area contributed by atoms with E-state index in [9.17, 15) is 13.6 Å². The average Bonchev–Trinajstić information content (AvgIpc) is 2.93. The van der Waals surface area contributed by atoms with Crippen LogP contribution in [0, 0.1) is 11.6 Å². The molecule has 0 bridgehead atoms. The van der Waals surface area contributed by atoms with Crippen molar-refractivity contribution in [2.24, 2.45) is 0 Å². The Bertz CT molecular complexity index is 1150. The number of ether oxygens (including phenoxy) is 1. The van der Waals surface area contributed by atoms with E-state index >= 15 is 0 Å². The van der Waals surface area contributed by atoms with E-state index in [0.29, 0.717) is 0 Å². The number of nitrogens with zero attached hydrogens (tertiary/aromatic N) is 4. The van der Waals surface area contributed by atoms with Crippen molar-refractivity contribution in [3.63, 3.8) is 0 Å². The highest BCUT2D eigenvalue weighted by molar-refractivity contribution is 6.35. The van der Waals surface area contributed by atoms with Crippen molar-refractivity contribution >= 4 is 34.5 Å². The number of aromatic nitrogens is 3. The third kappa shape index (κ3) is 2.92. The lowest BCUT2D eigenvalue weighted by Crippen LogP contribution is -2.58. The summed E-state index contributed by atoms with van der Waals surface area (Å²) in [7, 11) is 0. The van der Waals surface area contributed by atoms with Gasteiger partial charge in [0.2, 0.25) is 0 Å². The summed E-state index contributed by atoms with van der Waals surface area (Å²) in [6.45, 7) is 5.23. The van der Waals surface area contributed by atoms with Crippen LogP contribution in [0.25, 0.3) is 16.8 Å². The van der Waals surface area contributed by atoms with Crippen LogP contribution in [0.15, 0.2) is 24.5 Å². The second-order valence-electron chi connectivity index (χ2n) is 7.39. The summed E-state index contributed by atoms with van der Waals surface area (Å²) in [5.41, 5.74) is 5.11. The molecule has 0 spiro atoms. The summed E-state index contributed by atoms with van der Waals surface area (Å²) >= 11 is 6.09. The highest BCUT2D eigenvalue weighted by Crippen LogP contribution is 2.38. The van der Waals surface area contributed by atoms with E-state index in [1.807, 2.05) is 0 Å². The normalized spacial score (nSPS) is 19.2. The fraction of sp³-hybridized carbons (Fsp3) is 0.316. The van der Waals surface area contributed by atoms with E-state index in [4.69, 9.17) is 22.1 Å². The molecule has 1 aliphatic rings. The zero-order valence-electron chi connectivity index (χ0n) is 15.9. The summed E-state index contributed by atoms with van der Waals surface area (Å²) < 4.78 is 36.5. The fourth-order valence-corrected chi connectivity index (χ4v) is 3.71. The number of halogens is 3. The van der Waals surface area contributed by atoms with Crippen molar-refractivity contribution in [3.05, 3.63) is 41.2 Å². The van der Waals surface area contributed by atoms with E-state index in [2.05, 4.69) is 10.1 Å². The largest absolute Gasteiger partial charge is 0.382 e. The molecular formula is C19H18ClF2N5O2. The quantitative estimate of drug-likeness (QED) is 0.685. The number of morpholine rings is 1. The predicted octanol–water partition coefficient (Wildman–Crippen LogP) is 3.44. The van der Waals surface area contributed by atoms with Crippen LogP contribution in [-0.4, -0.2) is 38.8 Å². The minimum atomic E-state index is -1.10. The highest BCUT2D eigenvalue weighted by Gasteiger charge is 2.42. The van der Waals surface area contributed by atoms with Crippen molar-refractivity contribution < 1.29 is 18.3 Å². The Balaban J connectivity index is 1.92. The zero-order chi connectivity index (χ0) is 21.1. The van der Waals surface area contributed by atoms with Gasteiger partial charge in [-0.05, 0) is 39.0 Å². The van der Waals surface area contributed by atoms with Crippen LogP contribution in [0.4, 0.5) is 20.3 Å². The number of fused-ring (bicyclic) bond motifs is 1. The molecule has 152 valence electrons. The molecule has 1 saturated heterocycles. The molecule has 4 rings (SSSR count). The summed E-state index contributed by atoms with van der Waals surface area (Å²) in [5, 5.41) is 3.79. The van der Waals surface area contributed by atoms with Crippen LogP contribution in [0.3, 0.4) is 0 Å². The van der Waals surface area contributed by atoms with Gasteiger partial charge in [0, 0.05) is 5.56 Å². The molecule has 1 aromatic carbocycles. The van der Waals surface area contributed by atoms with E-state index in [1.165, 1.54) is 33.9 Å². The Labute approximate surface area is 170 Å². The second kappa shape index (κ2) is 6.64. The molecule has 7 nitrogen and oxygen atoms in total. The number of rotatable bonds is 2. The highest BCUT2D eigenvalue weighted by atomic mass is 35.5. The summed E-state index contributed by atoms with van der Waals surface area (Å²) in [4.78, 5) is 18.0. The SMILES string of the molecule is CC1COC(C)(C)C(=O)N1c1cc(-c2c(F)c(Cl)c3c(N)ncnn23)ccc1F. The summed E-state index contributed by atoms with van der Waals surface area (Å²) in [6.07, 6.45) is 1.17. The third-order valence-corrected chi connectivity index (χ3v) is 5.32. The molecule has 1 aliphatic heterocycles. The Morgan fingerprint density at radius 2 is 2.07 bits per heavy atom. The maximum absolute atomic E-state index is 15.0. The van der Waals surface area contributed by atoms with Gasteiger partial charge in [0.15, 0.2) is 11.6 Å². The number of benzene rings is 1. The molecule has 29 heavy (non-hydrogen) atoms. The second-order valence-corrected chi connectivity index (χ2v) is 7.77. The van der Waals surface area contributed by atoms with E-state index in [-0.39, 0.29) is 39.9 Å². The van der Waals surface area contributed by atoms with Crippen molar-refractivity contribution in [2.75, 3.05) is 17.2 Å². The number of nitrogens with two attached hydrogens (primary N) is 1. The molecule has 0 radical (unpaired) electrons. The van der Waals surface area contributed by atoms with Gasteiger partial charge >= 0.3 is 0 Å². The minimum Gasteiger partial charge on any atom is -0.382 e. The molecule has 10 heteroatoms. The van der Waals surface area contributed by atoms with Crippen molar-refractivity contribution in [3.8, 4) is 11.3 Å². The molecule has 1 fully saturated rings. The first kappa shape index (κ1) is 19.5. The van der Waals surface area contributed by atoms with Crippen molar-refractivity contribution in [2.45, 2.75) is 32.4 Å². The van der Waals surface area contributed by atoms with Gasteiger partial charge in [0.25, 0.3) is 5.91 Å². The Hall–Kier alpha value is -2.78. The first-order valence-corrected chi connectivity index (χ1v) is 9.25. The standard InChI is InChI=1S/C19H18ClF2N5O2/c1-9-7-29-19(2,3)18(28)26(9)12-6-10(4-5-11(12)21)15-14(22)13(20)16-17(23)24-8-25-27(15)16/h4-6,8-9H,7H2,1-3H3,(H2,23,24,25). The Kier molecular flexibility index (Phi) is 4.47. The van der Waals surface area contributed by atoms with Gasteiger partial charge in [-0.25, -0.2) is 18.3 Å².